The number of fused-ring (bicyclic) bond motifs is 2. The zero-order valence-electron chi connectivity index (χ0n) is 16.5. The number of pyridine rings is 1. The number of H-pyrrole nitrogens is 1. The highest BCUT2D eigenvalue weighted by Gasteiger charge is 2.10. The van der Waals surface area contributed by atoms with Crippen LogP contribution in [0.5, 0.6) is 0 Å². The predicted molar refractivity (Wildman–Crippen MR) is 118 cm³/mol. The van der Waals surface area contributed by atoms with Gasteiger partial charge in [0.15, 0.2) is 0 Å². The molecular weight excluding hydrogens is 382 g/mol. The molecule has 30 heavy (non-hydrogen) atoms. The Balaban J connectivity index is 1.67. The number of rotatable bonds is 7. The largest absolute Gasteiger partial charge is 0.385 e. The van der Waals surface area contributed by atoms with E-state index in [1.807, 2.05) is 36.4 Å². The van der Waals surface area contributed by atoms with Crippen LogP contribution in [0.15, 0.2) is 69.3 Å². The van der Waals surface area contributed by atoms with Crippen molar-refractivity contribution < 1.29 is 4.74 Å². The first-order chi connectivity index (χ1) is 14.7. The highest BCUT2D eigenvalue weighted by atomic mass is 16.5. The summed E-state index contributed by atoms with van der Waals surface area (Å²) in [5.41, 5.74) is 4.16. The third kappa shape index (κ3) is 3.99. The fraction of sp³-hybridized carbons (Fsp3) is 0.182. The zero-order chi connectivity index (χ0) is 20.9. The maximum atomic E-state index is 12.9. The molecule has 8 nitrogen and oxygen atoms in total. The standard InChI is InChI=1S/C22H21N5O3/c1-30-12-6-11-27-21(29)17-8-3-5-10-19(17)25-22(27)26-23-14-16-13-15-7-2-4-9-18(15)24-20(16)28/h2-5,7-10,13-14H,6,11-12H2,1H3,(H,24,28)(H,25,26)/b23-14+. The van der Waals surface area contributed by atoms with E-state index in [1.165, 1.54) is 10.8 Å². The molecule has 0 saturated heterocycles. The molecule has 0 atom stereocenters. The van der Waals surface area contributed by atoms with Crippen molar-refractivity contribution in [2.45, 2.75) is 13.0 Å². The second-order valence-electron chi connectivity index (χ2n) is 6.77. The van der Waals surface area contributed by atoms with E-state index in [0.29, 0.717) is 42.0 Å². The van der Waals surface area contributed by atoms with Gasteiger partial charge in [0, 0.05) is 25.8 Å². The third-order valence-electron chi connectivity index (χ3n) is 4.74. The summed E-state index contributed by atoms with van der Waals surface area (Å²) in [5.74, 6) is 0.309. The Morgan fingerprint density at radius 2 is 1.97 bits per heavy atom. The minimum atomic E-state index is -0.247. The molecule has 2 heterocycles. The Morgan fingerprint density at radius 1 is 1.17 bits per heavy atom. The first kappa shape index (κ1) is 19.5. The summed E-state index contributed by atoms with van der Waals surface area (Å²) in [4.78, 5) is 32.6. The van der Waals surface area contributed by atoms with Crippen LogP contribution >= 0.6 is 0 Å². The lowest BCUT2D eigenvalue weighted by molar-refractivity contribution is 0.190. The van der Waals surface area contributed by atoms with Crippen molar-refractivity contribution in [1.29, 1.82) is 0 Å². The SMILES string of the molecule is COCCCn1c(N/N=C/c2cc3ccccc3[nH]c2=O)nc2ccccc2c1=O. The number of ether oxygens (including phenoxy) is 1. The van der Waals surface area contributed by atoms with Crippen LogP contribution in [-0.4, -0.2) is 34.5 Å². The molecule has 2 aromatic heterocycles. The third-order valence-corrected chi connectivity index (χ3v) is 4.74. The Morgan fingerprint density at radius 3 is 2.83 bits per heavy atom. The van der Waals surface area contributed by atoms with Gasteiger partial charge >= 0.3 is 0 Å². The van der Waals surface area contributed by atoms with Gasteiger partial charge in [-0.2, -0.15) is 5.10 Å². The van der Waals surface area contributed by atoms with E-state index in [0.717, 1.165) is 10.9 Å². The molecule has 0 amide bonds. The molecule has 0 fully saturated rings. The molecular formula is C22H21N5O3. The molecule has 2 aromatic carbocycles. The van der Waals surface area contributed by atoms with Crippen LogP contribution in [-0.2, 0) is 11.3 Å². The molecule has 0 aliphatic carbocycles. The Kier molecular flexibility index (Phi) is 5.67. The van der Waals surface area contributed by atoms with Crippen LogP contribution in [0, 0.1) is 0 Å². The molecule has 4 aromatic rings. The van der Waals surface area contributed by atoms with Crippen molar-refractivity contribution in [3.8, 4) is 0 Å². The average molecular weight is 403 g/mol. The van der Waals surface area contributed by atoms with Gasteiger partial charge in [0.1, 0.15) is 0 Å². The van der Waals surface area contributed by atoms with Gasteiger partial charge in [-0.25, -0.2) is 10.4 Å². The number of nitrogens with one attached hydrogen (secondary N) is 2. The van der Waals surface area contributed by atoms with Gasteiger partial charge in [0.25, 0.3) is 11.1 Å². The molecule has 0 aliphatic heterocycles. The predicted octanol–water partition coefficient (Wildman–Crippen LogP) is 2.72. The van der Waals surface area contributed by atoms with Gasteiger partial charge < -0.3 is 9.72 Å². The Bertz CT molecular complexity index is 1340. The summed E-state index contributed by atoms with van der Waals surface area (Å²) in [6, 6.07) is 16.4. The van der Waals surface area contributed by atoms with E-state index < -0.39 is 0 Å². The van der Waals surface area contributed by atoms with Crippen molar-refractivity contribution in [3.63, 3.8) is 0 Å². The lowest BCUT2D eigenvalue weighted by Gasteiger charge is -2.12. The van der Waals surface area contributed by atoms with Crippen LogP contribution in [0.25, 0.3) is 21.8 Å². The minimum Gasteiger partial charge on any atom is -0.385 e. The van der Waals surface area contributed by atoms with Crippen molar-refractivity contribution in [3.05, 3.63) is 80.9 Å². The number of methoxy groups -OCH3 is 1. The smallest absolute Gasteiger partial charge is 0.262 e. The number of hydrazone groups is 1. The van der Waals surface area contributed by atoms with Gasteiger partial charge in [0.2, 0.25) is 5.95 Å². The molecule has 152 valence electrons. The molecule has 8 heteroatoms. The van der Waals surface area contributed by atoms with Crippen LogP contribution < -0.4 is 16.5 Å². The highest BCUT2D eigenvalue weighted by Crippen LogP contribution is 2.12. The van der Waals surface area contributed by atoms with Gasteiger partial charge in [-0.3, -0.25) is 14.2 Å². The van der Waals surface area contributed by atoms with E-state index >= 15 is 0 Å². The summed E-state index contributed by atoms with van der Waals surface area (Å²) >= 11 is 0. The summed E-state index contributed by atoms with van der Waals surface area (Å²) in [6.07, 6.45) is 2.07. The quantitative estimate of drug-likeness (QED) is 0.281. The van der Waals surface area contributed by atoms with Crippen LogP contribution in [0.4, 0.5) is 5.95 Å². The van der Waals surface area contributed by atoms with E-state index in [9.17, 15) is 9.59 Å². The summed E-state index contributed by atoms with van der Waals surface area (Å²) < 4.78 is 6.63. The second kappa shape index (κ2) is 8.71. The van der Waals surface area contributed by atoms with Gasteiger partial charge in [-0.15, -0.1) is 0 Å². The molecule has 0 saturated carbocycles. The van der Waals surface area contributed by atoms with Crippen LogP contribution in [0.1, 0.15) is 12.0 Å². The topological polar surface area (TPSA) is 101 Å². The summed E-state index contributed by atoms with van der Waals surface area (Å²) in [5, 5.41) is 5.61. The first-order valence-corrected chi connectivity index (χ1v) is 9.57. The van der Waals surface area contributed by atoms with Crippen molar-refractivity contribution in [1.82, 2.24) is 14.5 Å². The molecule has 0 radical (unpaired) electrons. The van der Waals surface area contributed by atoms with Crippen molar-refractivity contribution >= 4 is 34.0 Å². The van der Waals surface area contributed by atoms with E-state index in [-0.39, 0.29) is 11.1 Å². The molecule has 2 N–H and O–H groups in total. The lowest BCUT2D eigenvalue weighted by Crippen LogP contribution is -2.25. The number of aromatic amines is 1. The Hall–Kier alpha value is -3.78. The number of nitrogens with zero attached hydrogens (tertiary/aromatic N) is 3. The summed E-state index contributed by atoms with van der Waals surface area (Å²) in [7, 11) is 1.62. The van der Waals surface area contributed by atoms with Gasteiger partial charge in [0.05, 0.1) is 22.7 Å². The van der Waals surface area contributed by atoms with Gasteiger partial charge in [-0.05, 0) is 36.1 Å². The maximum Gasteiger partial charge on any atom is 0.262 e. The Labute approximate surface area is 171 Å². The molecule has 0 spiro atoms. The van der Waals surface area contributed by atoms with Crippen molar-refractivity contribution in [2.75, 3.05) is 19.1 Å². The number of hydrogen-bond donors (Lipinski definition) is 2. The molecule has 4 rings (SSSR count). The van der Waals surface area contributed by atoms with E-state index in [1.54, 1.807) is 25.3 Å². The minimum absolute atomic E-state index is 0.155. The van der Waals surface area contributed by atoms with Gasteiger partial charge in [-0.1, -0.05) is 30.3 Å². The molecule has 0 bridgehead atoms. The fourth-order valence-corrected chi connectivity index (χ4v) is 3.25. The number of benzene rings is 2. The average Bonchev–Trinajstić information content (AvgIpc) is 2.76. The second-order valence-corrected chi connectivity index (χ2v) is 6.77. The fourth-order valence-electron chi connectivity index (χ4n) is 3.25. The van der Waals surface area contributed by atoms with Crippen LogP contribution in [0.3, 0.4) is 0 Å². The molecule has 0 aliphatic rings. The van der Waals surface area contributed by atoms with Crippen molar-refractivity contribution in [2.24, 2.45) is 5.10 Å². The highest BCUT2D eigenvalue weighted by molar-refractivity contribution is 5.87. The lowest BCUT2D eigenvalue weighted by atomic mass is 10.2. The number of aromatic nitrogens is 3. The molecule has 0 unspecified atom stereocenters. The van der Waals surface area contributed by atoms with Crippen LogP contribution in [0.2, 0.25) is 0 Å². The number of anilines is 1. The number of para-hydroxylation sites is 2. The normalized spacial score (nSPS) is 11.5. The summed E-state index contributed by atoms with van der Waals surface area (Å²) in [6.45, 7) is 0.952. The van der Waals surface area contributed by atoms with E-state index in [4.69, 9.17) is 4.74 Å². The maximum absolute atomic E-state index is 12.9. The first-order valence-electron chi connectivity index (χ1n) is 9.57. The van der Waals surface area contributed by atoms with E-state index in [2.05, 4.69) is 20.5 Å². The monoisotopic (exact) mass is 403 g/mol. The number of hydrogen-bond acceptors (Lipinski definition) is 6. The zero-order valence-corrected chi connectivity index (χ0v) is 16.5.